The molecule has 0 bridgehead atoms. The number of non-ortho nitro benzene ring substituents is 1. The first kappa shape index (κ1) is 24.8. The van der Waals surface area contributed by atoms with Crippen molar-refractivity contribution in [1.29, 1.82) is 0 Å². The molecule has 0 aliphatic heterocycles. The Bertz CT molecular complexity index is 925. The number of nitro groups is 1. The molecular formula is C25H31NO7. The Balaban J connectivity index is 1.58. The van der Waals surface area contributed by atoms with Crippen LogP contribution >= 0.6 is 0 Å². The van der Waals surface area contributed by atoms with Gasteiger partial charge in [-0.2, -0.15) is 0 Å². The Morgan fingerprint density at radius 3 is 2.39 bits per heavy atom. The average molecular weight is 458 g/mol. The molecular weight excluding hydrogens is 426 g/mol. The Kier molecular flexibility index (Phi) is 8.55. The van der Waals surface area contributed by atoms with Gasteiger partial charge in [0.15, 0.2) is 6.29 Å². The lowest BCUT2D eigenvalue weighted by Gasteiger charge is -2.31. The van der Waals surface area contributed by atoms with Gasteiger partial charge in [0.05, 0.1) is 16.1 Å². The van der Waals surface area contributed by atoms with Gasteiger partial charge in [0.2, 0.25) is 0 Å². The maximum Gasteiger partial charge on any atom is 0.343 e. The molecule has 0 saturated heterocycles. The third-order valence-corrected chi connectivity index (χ3v) is 6.43. The molecule has 1 aliphatic rings. The number of nitro benzene ring substituents is 1. The number of hydrogen-bond acceptors (Lipinski definition) is 7. The molecule has 0 spiro atoms. The molecule has 2 aromatic rings. The van der Waals surface area contributed by atoms with Gasteiger partial charge in [-0.1, -0.05) is 18.6 Å². The van der Waals surface area contributed by atoms with Crippen LogP contribution in [0.5, 0.6) is 5.75 Å². The normalized spacial score (nSPS) is 20.2. The van der Waals surface area contributed by atoms with Crippen LogP contribution in [0.25, 0.3) is 0 Å². The first-order valence-corrected chi connectivity index (χ1v) is 11.2. The lowest BCUT2D eigenvalue weighted by atomic mass is 9.81. The molecule has 1 N–H and O–H groups in total. The number of nitrogens with zero attached hydrogens (tertiary/aromatic N) is 1. The monoisotopic (exact) mass is 457 g/mol. The number of aliphatic hydroxyl groups is 1. The van der Waals surface area contributed by atoms with Crippen molar-refractivity contribution in [3.05, 3.63) is 69.8 Å². The van der Waals surface area contributed by atoms with Crippen molar-refractivity contribution in [1.82, 2.24) is 0 Å². The van der Waals surface area contributed by atoms with Crippen LogP contribution in [-0.2, 0) is 15.1 Å². The van der Waals surface area contributed by atoms with Crippen LogP contribution in [0, 0.1) is 16.0 Å². The lowest BCUT2D eigenvalue weighted by Crippen LogP contribution is -2.30. The van der Waals surface area contributed by atoms with Crippen LogP contribution in [0.15, 0.2) is 48.5 Å². The standard InChI is InChI=1S/C25H31NO7/c1-31-23(32-2)8-4-3-6-19-7-5-17-25(19,28)20-11-15-22(16-12-20)33-24(27)18-9-13-21(14-10-18)26(29)30/h9-16,19,23,28H,3-8,17H2,1-2H3/t19-,25+/m0/s1. The highest BCUT2D eigenvalue weighted by molar-refractivity contribution is 5.91. The SMILES string of the molecule is COC(CCCC[C@H]1CCC[C@]1(O)c1ccc(OC(=O)c2ccc([N+](=O)[O-])cc2)cc1)OC. The van der Waals surface area contributed by atoms with E-state index in [1.54, 1.807) is 26.4 Å². The summed E-state index contributed by atoms with van der Waals surface area (Å²) in [5, 5.41) is 22.2. The van der Waals surface area contributed by atoms with Crippen LogP contribution in [-0.4, -0.2) is 36.5 Å². The second-order valence-corrected chi connectivity index (χ2v) is 8.42. The number of esters is 1. The van der Waals surface area contributed by atoms with E-state index in [9.17, 15) is 20.0 Å². The van der Waals surface area contributed by atoms with Gasteiger partial charge < -0.3 is 19.3 Å². The fourth-order valence-electron chi connectivity index (χ4n) is 4.55. The Morgan fingerprint density at radius 2 is 1.79 bits per heavy atom. The summed E-state index contributed by atoms with van der Waals surface area (Å²) in [7, 11) is 3.27. The molecule has 0 unspecified atom stereocenters. The van der Waals surface area contributed by atoms with Crippen LogP contribution in [0.2, 0.25) is 0 Å². The summed E-state index contributed by atoms with van der Waals surface area (Å²) >= 11 is 0. The predicted molar refractivity (Wildman–Crippen MR) is 122 cm³/mol. The van der Waals surface area contributed by atoms with E-state index in [0.29, 0.717) is 12.2 Å². The molecule has 1 aliphatic carbocycles. The van der Waals surface area contributed by atoms with Gasteiger partial charge in [0.25, 0.3) is 5.69 Å². The van der Waals surface area contributed by atoms with Crippen molar-refractivity contribution in [2.24, 2.45) is 5.92 Å². The first-order valence-electron chi connectivity index (χ1n) is 11.2. The van der Waals surface area contributed by atoms with Crippen LogP contribution < -0.4 is 4.74 Å². The molecule has 0 aromatic heterocycles. The summed E-state index contributed by atoms with van der Waals surface area (Å²) in [5.41, 5.74) is 0.0747. The summed E-state index contributed by atoms with van der Waals surface area (Å²) < 4.78 is 15.8. The Hall–Kier alpha value is -2.81. The largest absolute Gasteiger partial charge is 0.423 e. The first-order chi connectivity index (χ1) is 15.9. The minimum Gasteiger partial charge on any atom is -0.423 e. The third kappa shape index (κ3) is 6.16. The number of rotatable bonds is 11. The molecule has 0 radical (unpaired) electrons. The van der Waals surface area contributed by atoms with Crippen molar-refractivity contribution in [3.8, 4) is 5.75 Å². The van der Waals surface area contributed by atoms with E-state index < -0.39 is 16.5 Å². The van der Waals surface area contributed by atoms with Gasteiger partial charge in [0.1, 0.15) is 5.75 Å². The number of benzene rings is 2. The second kappa shape index (κ2) is 11.4. The summed E-state index contributed by atoms with van der Waals surface area (Å²) in [6, 6.07) is 12.2. The molecule has 2 aromatic carbocycles. The zero-order valence-corrected chi connectivity index (χ0v) is 19.1. The van der Waals surface area contributed by atoms with Crippen LogP contribution in [0.3, 0.4) is 0 Å². The van der Waals surface area contributed by atoms with Crippen molar-refractivity contribution in [3.63, 3.8) is 0 Å². The molecule has 3 rings (SSSR count). The van der Waals surface area contributed by atoms with E-state index in [-0.39, 0.29) is 23.5 Å². The maximum absolute atomic E-state index is 12.3. The number of unbranched alkanes of at least 4 members (excludes halogenated alkanes) is 1. The van der Waals surface area contributed by atoms with E-state index in [0.717, 1.165) is 44.1 Å². The highest BCUT2D eigenvalue weighted by Gasteiger charge is 2.41. The van der Waals surface area contributed by atoms with Gasteiger partial charge in [-0.25, -0.2) is 4.79 Å². The van der Waals surface area contributed by atoms with E-state index in [4.69, 9.17) is 14.2 Å². The van der Waals surface area contributed by atoms with Gasteiger partial charge >= 0.3 is 5.97 Å². The lowest BCUT2D eigenvalue weighted by molar-refractivity contribution is -0.384. The van der Waals surface area contributed by atoms with Crippen molar-refractivity contribution >= 4 is 11.7 Å². The highest BCUT2D eigenvalue weighted by atomic mass is 16.7. The van der Waals surface area contributed by atoms with Gasteiger partial charge in [0, 0.05) is 26.4 Å². The molecule has 1 saturated carbocycles. The fourth-order valence-corrected chi connectivity index (χ4v) is 4.55. The zero-order valence-electron chi connectivity index (χ0n) is 19.1. The zero-order chi connectivity index (χ0) is 23.8. The van der Waals surface area contributed by atoms with Crippen LogP contribution in [0.1, 0.15) is 60.9 Å². The van der Waals surface area contributed by atoms with Crippen molar-refractivity contribution in [2.75, 3.05) is 14.2 Å². The van der Waals surface area contributed by atoms with E-state index in [1.165, 1.54) is 24.3 Å². The van der Waals surface area contributed by atoms with E-state index in [2.05, 4.69) is 0 Å². The number of carbonyl (C=O) groups excluding carboxylic acids is 1. The van der Waals surface area contributed by atoms with E-state index in [1.807, 2.05) is 12.1 Å². The molecule has 33 heavy (non-hydrogen) atoms. The van der Waals surface area contributed by atoms with Crippen LogP contribution in [0.4, 0.5) is 5.69 Å². The minimum absolute atomic E-state index is 0.0903. The van der Waals surface area contributed by atoms with Gasteiger partial charge in [-0.05, 0) is 74.3 Å². The molecule has 8 nitrogen and oxygen atoms in total. The van der Waals surface area contributed by atoms with Crippen molar-refractivity contribution < 1.29 is 29.0 Å². The Morgan fingerprint density at radius 1 is 1.12 bits per heavy atom. The van der Waals surface area contributed by atoms with Gasteiger partial charge in [-0.3, -0.25) is 10.1 Å². The quantitative estimate of drug-likeness (QED) is 0.127. The fraction of sp³-hybridized carbons (Fsp3) is 0.480. The maximum atomic E-state index is 12.3. The number of hydrogen-bond donors (Lipinski definition) is 1. The van der Waals surface area contributed by atoms with Gasteiger partial charge in [-0.15, -0.1) is 0 Å². The minimum atomic E-state index is -0.886. The van der Waals surface area contributed by atoms with E-state index >= 15 is 0 Å². The molecule has 1 fully saturated rings. The molecule has 178 valence electrons. The molecule has 0 amide bonds. The summed E-state index contributed by atoms with van der Waals surface area (Å²) in [6.45, 7) is 0. The highest BCUT2D eigenvalue weighted by Crippen LogP contribution is 2.46. The third-order valence-electron chi connectivity index (χ3n) is 6.43. The molecule has 8 heteroatoms. The number of methoxy groups -OCH3 is 2. The second-order valence-electron chi connectivity index (χ2n) is 8.42. The number of carbonyl (C=O) groups is 1. The summed E-state index contributed by atoms with van der Waals surface area (Å²) in [5.74, 6) is -0.0690. The summed E-state index contributed by atoms with van der Waals surface area (Å²) in [4.78, 5) is 22.6. The topological polar surface area (TPSA) is 108 Å². The average Bonchev–Trinajstić information content (AvgIpc) is 3.21. The Labute approximate surface area is 193 Å². The van der Waals surface area contributed by atoms with Crippen molar-refractivity contribution in [2.45, 2.75) is 56.8 Å². The predicted octanol–water partition coefficient (Wildman–Crippen LogP) is 4.98. The molecule has 0 heterocycles. The summed E-state index contributed by atoms with van der Waals surface area (Å²) in [6.07, 6.45) is 6.17. The molecule has 2 atom stereocenters. The number of ether oxygens (including phenoxy) is 3. The smallest absolute Gasteiger partial charge is 0.343 e.